The molecule has 0 amide bonds. The molecule has 0 saturated carbocycles. The number of hydrogen-bond acceptors (Lipinski definition) is 3. The van der Waals surface area contributed by atoms with E-state index in [1.54, 1.807) is 0 Å². The molecule has 1 saturated heterocycles. The van der Waals surface area contributed by atoms with Crippen LogP contribution in [0, 0.1) is 6.92 Å². The molecule has 4 heteroatoms. The minimum atomic E-state index is 0.340. The molecule has 0 atom stereocenters. The Morgan fingerprint density at radius 2 is 1.27 bits per heavy atom. The lowest BCUT2D eigenvalue weighted by Crippen LogP contribution is -2.48. The molecule has 1 fully saturated rings. The Morgan fingerprint density at radius 3 is 1.94 bits per heavy atom. The molecule has 0 spiro atoms. The van der Waals surface area contributed by atoms with Crippen molar-refractivity contribution < 1.29 is 0 Å². The summed E-state index contributed by atoms with van der Waals surface area (Å²) in [6, 6.07) is 30.7. The van der Waals surface area contributed by atoms with Gasteiger partial charge in [-0.3, -0.25) is 4.90 Å². The van der Waals surface area contributed by atoms with Gasteiger partial charge in [0.2, 0.25) is 0 Å². The summed E-state index contributed by atoms with van der Waals surface area (Å²) in [7, 11) is 0. The summed E-state index contributed by atoms with van der Waals surface area (Å²) < 4.78 is 2.37. The Bertz CT molecular complexity index is 1100. The largest absolute Gasteiger partial charge is 0.328 e. The van der Waals surface area contributed by atoms with E-state index < -0.39 is 0 Å². The van der Waals surface area contributed by atoms with E-state index in [-0.39, 0.29) is 0 Å². The average molecular weight is 439 g/mol. The van der Waals surface area contributed by atoms with Crippen molar-refractivity contribution in [3.63, 3.8) is 0 Å². The van der Waals surface area contributed by atoms with Gasteiger partial charge in [0.15, 0.2) is 0 Å². The van der Waals surface area contributed by atoms with Crippen LogP contribution in [0.15, 0.2) is 84.9 Å². The fraction of sp³-hybridized carbons (Fsp3) is 0.345. The van der Waals surface area contributed by atoms with Crippen molar-refractivity contribution >= 4 is 11.0 Å². The molecule has 3 aromatic carbocycles. The quantitative estimate of drug-likeness (QED) is 0.338. The zero-order valence-electron chi connectivity index (χ0n) is 19.6. The van der Waals surface area contributed by atoms with Crippen LogP contribution in [-0.2, 0) is 6.54 Å². The van der Waals surface area contributed by atoms with E-state index in [0.29, 0.717) is 6.04 Å². The molecule has 0 radical (unpaired) electrons. The second kappa shape index (κ2) is 10.3. The molecule has 1 aliphatic rings. The highest BCUT2D eigenvalue weighted by molar-refractivity contribution is 5.75. The number of nitrogens with zero attached hydrogens (tertiary/aromatic N) is 4. The van der Waals surface area contributed by atoms with E-state index in [9.17, 15) is 0 Å². The van der Waals surface area contributed by atoms with Gasteiger partial charge in [0.25, 0.3) is 0 Å². The highest BCUT2D eigenvalue weighted by atomic mass is 15.3. The molecule has 4 nitrogen and oxygen atoms in total. The van der Waals surface area contributed by atoms with Gasteiger partial charge in [-0.1, -0.05) is 72.8 Å². The number of fused-ring (bicyclic) bond motifs is 1. The number of imidazole rings is 1. The van der Waals surface area contributed by atoms with Crippen molar-refractivity contribution in [3.8, 4) is 0 Å². The van der Waals surface area contributed by atoms with Crippen LogP contribution < -0.4 is 0 Å². The predicted octanol–water partition coefficient (Wildman–Crippen LogP) is 5.53. The minimum Gasteiger partial charge on any atom is -0.328 e. The minimum absolute atomic E-state index is 0.340. The van der Waals surface area contributed by atoms with Gasteiger partial charge in [-0.15, -0.1) is 0 Å². The first kappa shape index (κ1) is 21.9. The van der Waals surface area contributed by atoms with Crippen molar-refractivity contribution in [2.24, 2.45) is 0 Å². The third-order valence-electron chi connectivity index (χ3n) is 6.95. The summed E-state index contributed by atoms with van der Waals surface area (Å²) in [5, 5.41) is 0. The Balaban J connectivity index is 1.15. The fourth-order valence-electron chi connectivity index (χ4n) is 5.21. The highest BCUT2D eigenvalue weighted by Gasteiger charge is 2.26. The topological polar surface area (TPSA) is 24.3 Å². The molecule has 0 aliphatic carbocycles. The third-order valence-corrected chi connectivity index (χ3v) is 6.95. The van der Waals surface area contributed by atoms with Crippen LogP contribution in [0.25, 0.3) is 11.0 Å². The molecule has 1 aliphatic heterocycles. The number of rotatable bonds is 8. The van der Waals surface area contributed by atoms with Crippen molar-refractivity contribution in [1.29, 1.82) is 0 Å². The van der Waals surface area contributed by atoms with Gasteiger partial charge in [-0.25, -0.2) is 4.98 Å². The maximum atomic E-state index is 4.70. The van der Waals surface area contributed by atoms with Gasteiger partial charge in [-0.05, 0) is 49.6 Å². The molecule has 0 bridgehead atoms. The number of aromatic nitrogens is 2. The zero-order valence-corrected chi connectivity index (χ0v) is 19.6. The zero-order chi connectivity index (χ0) is 22.5. The van der Waals surface area contributed by atoms with Crippen molar-refractivity contribution in [3.05, 3.63) is 102 Å². The van der Waals surface area contributed by atoms with Gasteiger partial charge in [0.1, 0.15) is 5.82 Å². The summed E-state index contributed by atoms with van der Waals surface area (Å²) in [4.78, 5) is 10.00. The Labute approximate surface area is 197 Å². The summed E-state index contributed by atoms with van der Waals surface area (Å²) in [6.07, 6.45) is 2.42. The van der Waals surface area contributed by atoms with Crippen LogP contribution in [0.3, 0.4) is 0 Å². The molecular weight excluding hydrogens is 404 g/mol. The van der Waals surface area contributed by atoms with Gasteiger partial charge >= 0.3 is 0 Å². The predicted molar refractivity (Wildman–Crippen MR) is 136 cm³/mol. The smallest absolute Gasteiger partial charge is 0.106 e. The maximum Gasteiger partial charge on any atom is 0.106 e. The lowest BCUT2D eigenvalue weighted by molar-refractivity contribution is 0.108. The number of piperazine rings is 1. The van der Waals surface area contributed by atoms with Crippen LogP contribution in [0.4, 0.5) is 0 Å². The second-order valence-electron chi connectivity index (χ2n) is 9.11. The maximum absolute atomic E-state index is 4.70. The summed E-state index contributed by atoms with van der Waals surface area (Å²) in [6.45, 7) is 8.86. The number of para-hydroxylation sites is 2. The number of benzene rings is 3. The first-order valence-corrected chi connectivity index (χ1v) is 12.3. The van der Waals surface area contributed by atoms with Crippen LogP contribution >= 0.6 is 0 Å². The standard InChI is InChI=1S/C29H34N4/c1-24-30-27-16-8-9-17-28(27)33(24)19-11-10-18-31-20-22-32(23-21-31)29(25-12-4-2-5-13-25)26-14-6-3-7-15-26/h2-9,12-17,29H,10-11,18-23H2,1H3. The van der Waals surface area contributed by atoms with E-state index >= 15 is 0 Å². The highest BCUT2D eigenvalue weighted by Crippen LogP contribution is 2.29. The summed E-state index contributed by atoms with van der Waals surface area (Å²) >= 11 is 0. The molecule has 2 heterocycles. The molecule has 1 aromatic heterocycles. The van der Waals surface area contributed by atoms with E-state index in [4.69, 9.17) is 4.98 Å². The average Bonchev–Trinajstić information content (AvgIpc) is 3.19. The number of aryl methyl sites for hydroxylation is 2. The molecule has 170 valence electrons. The fourth-order valence-corrected chi connectivity index (χ4v) is 5.21. The van der Waals surface area contributed by atoms with E-state index in [0.717, 1.165) is 44.1 Å². The normalized spacial score (nSPS) is 15.5. The van der Waals surface area contributed by atoms with Crippen LogP contribution in [0.5, 0.6) is 0 Å². The lowest BCUT2D eigenvalue weighted by atomic mass is 9.96. The van der Waals surface area contributed by atoms with Crippen LogP contribution in [0.1, 0.15) is 35.8 Å². The molecule has 33 heavy (non-hydrogen) atoms. The molecule has 4 aromatic rings. The number of hydrogen-bond donors (Lipinski definition) is 0. The SMILES string of the molecule is Cc1nc2ccccc2n1CCCCN1CCN(C(c2ccccc2)c2ccccc2)CC1. The van der Waals surface area contributed by atoms with Gasteiger partial charge in [0, 0.05) is 32.7 Å². The van der Waals surface area contributed by atoms with E-state index in [1.165, 1.54) is 36.0 Å². The van der Waals surface area contributed by atoms with E-state index in [2.05, 4.69) is 106 Å². The van der Waals surface area contributed by atoms with Crippen molar-refractivity contribution in [2.45, 2.75) is 32.4 Å². The van der Waals surface area contributed by atoms with Gasteiger partial charge in [0.05, 0.1) is 17.1 Å². The molecule has 0 unspecified atom stereocenters. The Kier molecular flexibility index (Phi) is 6.84. The van der Waals surface area contributed by atoms with Gasteiger partial charge < -0.3 is 9.47 Å². The molecule has 5 rings (SSSR count). The summed E-state index contributed by atoms with van der Waals surface area (Å²) in [5.74, 6) is 1.12. The Hall–Kier alpha value is -2.95. The van der Waals surface area contributed by atoms with Gasteiger partial charge in [-0.2, -0.15) is 0 Å². The van der Waals surface area contributed by atoms with Crippen LogP contribution in [-0.4, -0.2) is 52.1 Å². The van der Waals surface area contributed by atoms with E-state index in [1.807, 2.05) is 0 Å². The summed E-state index contributed by atoms with van der Waals surface area (Å²) in [5.41, 5.74) is 5.15. The Morgan fingerprint density at radius 1 is 0.697 bits per heavy atom. The second-order valence-corrected chi connectivity index (χ2v) is 9.11. The molecule has 0 N–H and O–H groups in total. The van der Waals surface area contributed by atoms with Crippen molar-refractivity contribution in [1.82, 2.24) is 19.4 Å². The first-order chi connectivity index (χ1) is 16.3. The van der Waals surface area contributed by atoms with Crippen molar-refractivity contribution in [2.75, 3.05) is 32.7 Å². The monoisotopic (exact) mass is 438 g/mol. The van der Waals surface area contributed by atoms with Crippen LogP contribution in [0.2, 0.25) is 0 Å². The number of unbranched alkanes of at least 4 members (excludes halogenated alkanes) is 1. The first-order valence-electron chi connectivity index (χ1n) is 12.3. The lowest BCUT2D eigenvalue weighted by Gasteiger charge is -2.40. The molecular formula is C29H34N4. The third kappa shape index (κ3) is 5.02.